The van der Waals surface area contributed by atoms with Gasteiger partial charge in [-0.05, 0) is 32.6 Å². The maximum atomic E-state index is 11.6. The largest absolute Gasteiger partial charge is 0.338 e. The third-order valence-corrected chi connectivity index (χ3v) is 2.69. The molecule has 0 radical (unpaired) electrons. The number of hydrogen-bond acceptors (Lipinski definition) is 1. The lowest BCUT2D eigenvalue weighted by Gasteiger charge is -2.35. The van der Waals surface area contributed by atoms with Crippen molar-refractivity contribution in [1.29, 1.82) is 0 Å². The molecule has 0 unspecified atom stereocenters. The van der Waals surface area contributed by atoms with Gasteiger partial charge in [0.1, 0.15) is 0 Å². The standard InChI is InChI=1S/C10H20N2O/c1-3-9-7-5-6-8-12(9)10(13)11-4-2/h9H,3-8H2,1-2H3,(H,11,13)/t9-/m0/s1. The number of nitrogens with one attached hydrogen (secondary N) is 1. The lowest BCUT2D eigenvalue weighted by Crippen LogP contribution is -2.48. The van der Waals surface area contributed by atoms with Gasteiger partial charge in [-0.25, -0.2) is 4.79 Å². The number of rotatable bonds is 2. The Morgan fingerprint density at radius 2 is 2.23 bits per heavy atom. The minimum absolute atomic E-state index is 0.119. The van der Waals surface area contributed by atoms with Gasteiger partial charge >= 0.3 is 6.03 Å². The van der Waals surface area contributed by atoms with Gasteiger partial charge in [0, 0.05) is 19.1 Å². The fraction of sp³-hybridized carbons (Fsp3) is 0.900. The van der Waals surface area contributed by atoms with Crippen LogP contribution in [-0.2, 0) is 0 Å². The Morgan fingerprint density at radius 1 is 1.46 bits per heavy atom. The van der Waals surface area contributed by atoms with E-state index < -0.39 is 0 Å². The van der Waals surface area contributed by atoms with E-state index in [1.807, 2.05) is 11.8 Å². The number of urea groups is 1. The van der Waals surface area contributed by atoms with Gasteiger partial charge in [-0.1, -0.05) is 6.92 Å². The molecule has 1 atom stereocenters. The van der Waals surface area contributed by atoms with E-state index in [1.54, 1.807) is 0 Å². The van der Waals surface area contributed by atoms with Crippen molar-refractivity contribution >= 4 is 6.03 Å². The zero-order valence-corrected chi connectivity index (χ0v) is 8.68. The van der Waals surface area contributed by atoms with Crippen LogP contribution in [0, 0.1) is 0 Å². The van der Waals surface area contributed by atoms with Crippen LogP contribution in [-0.4, -0.2) is 30.1 Å². The molecule has 0 aromatic carbocycles. The molecule has 1 N–H and O–H groups in total. The Balaban J connectivity index is 2.48. The van der Waals surface area contributed by atoms with Crippen molar-refractivity contribution in [1.82, 2.24) is 10.2 Å². The molecule has 1 heterocycles. The van der Waals surface area contributed by atoms with Crippen molar-refractivity contribution in [2.45, 2.75) is 45.6 Å². The van der Waals surface area contributed by atoms with Crippen LogP contribution in [0.25, 0.3) is 0 Å². The van der Waals surface area contributed by atoms with Crippen molar-refractivity contribution < 1.29 is 4.79 Å². The number of nitrogens with zero attached hydrogens (tertiary/aromatic N) is 1. The Labute approximate surface area is 80.5 Å². The molecule has 13 heavy (non-hydrogen) atoms. The van der Waals surface area contributed by atoms with Crippen LogP contribution in [0.4, 0.5) is 4.79 Å². The van der Waals surface area contributed by atoms with E-state index in [-0.39, 0.29) is 6.03 Å². The predicted molar refractivity (Wildman–Crippen MR) is 53.7 cm³/mol. The van der Waals surface area contributed by atoms with Crippen molar-refractivity contribution in [2.75, 3.05) is 13.1 Å². The van der Waals surface area contributed by atoms with Gasteiger partial charge in [0.25, 0.3) is 0 Å². The maximum Gasteiger partial charge on any atom is 0.317 e. The molecule has 1 aliphatic heterocycles. The number of likely N-dealkylation sites (tertiary alicyclic amines) is 1. The smallest absolute Gasteiger partial charge is 0.317 e. The number of carbonyl (C=O) groups excluding carboxylic acids is 1. The molecule has 1 aliphatic rings. The summed E-state index contributed by atoms with van der Waals surface area (Å²) in [6, 6.07) is 0.592. The highest BCUT2D eigenvalue weighted by atomic mass is 16.2. The second-order valence-electron chi connectivity index (χ2n) is 3.59. The zero-order chi connectivity index (χ0) is 9.68. The highest BCUT2D eigenvalue weighted by molar-refractivity contribution is 5.74. The summed E-state index contributed by atoms with van der Waals surface area (Å²) >= 11 is 0. The van der Waals surface area contributed by atoms with E-state index in [4.69, 9.17) is 0 Å². The van der Waals surface area contributed by atoms with E-state index in [2.05, 4.69) is 12.2 Å². The van der Waals surface area contributed by atoms with Crippen molar-refractivity contribution in [2.24, 2.45) is 0 Å². The summed E-state index contributed by atoms with van der Waals surface area (Å²) in [6.45, 7) is 5.78. The van der Waals surface area contributed by atoms with E-state index >= 15 is 0 Å². The second kappa shape index (κ2) is 5.10. The Kier molecular flexibility index (Phi) is 4.06. The first kappa shape index (κ1) is 10.4. The van der Waals surface area contributed by atoms with Gasteiger partial charge in [0.05, 0.1) is 0 Å². The van der Waals surface area contributed by atoms with Gasteiger partial charge in [0.15, 0.2) is 0 Å². The summed E-state index contributed by atoms with van der Waals surface area (Å²) in [4.78, 5) is 13.6. The SMILES string of the molecule is CCNC(=O)N1CCCC[C@@H]1CC. The second-order valence-corrected chi connectivity index (χ2v) is 3.59. The molecular formula is C10H20N2O. The van der Waals surface area contributed by atoms with Gasteiger partial charge in [-0.2, -0.15) is 0 Å². The molecule has 1 rings (SSSR count). The van der Waals surface area contributed by atoms with Crippen molar-refractivity contribution in [3.05, 3.63) is 0 Å². The summed E-state index contributed by atoms with van der Waals surface area (Å²) in [5, 5.41) is 2.87. The van der Waals surface area contributed by atoms with Gasteiger partial charge in [-0.3, -0.25) is 0 Å². The molecule has 1 fully saturated rings. The zero-order valence-electron chi connectivity index (χ0n) is 8.68. The fourth-order valence-electron chi connectivity index (χ4n) is 1.95. The molecule has 3 nitrogen and oxygen atoms in total. The highest BCUT2D eigenvalue weighted by Crippen LogP contribution is 2.19. The molecule has 0 aromatic rings. The van der Waals surface area contributed by atoms with Crippen LogP contribution in [0.1, 0.15) is 39.5 Å². The van der Waals surface area contributed by atoms with Crippen LogP contribution in [0.5, 0.6) is 0 Å². The molecule has 76 valence electrons. The molecular weight excluding hydrogens is 164 g/mol. The molecule has 2 amide bonds. The maximum absolute atomic E-state index is 11.6. The number of carbonyl (C=O) groups is 1. The molecule has 1 saturated heterocycles. The number of amides is 2. The average molecular weight is 184 g/mol. The number of hydrogen-bond donors (Lipinski definition) is 1. The fourth-order valence-corrected chi connectivity index (χ4v) is 1.95. The first-order valence-electron chi connectivity index (χ1n) is 5.34. The van der Waals surface area contributed by atoms with Gasteiger partial charge in [0.2, 0.25) is 0 Å². The Morgan fingerprint density at radius 3 is 2.85 bits per heavy atom. The van der Waals surface area contributed by atoms with E-state index in [0.29, 0.717) is 6.04 Å². The molecule has 0 aliphatic carbocycles. The molecule has 0 saturated carbocycles. The summed E-state index contributed by atoms with van der Waals surface area (Å²) in [6.07, 6.45) is 4.69. The minimum atomic E-state index is 0.119. The quantitative estimate of drug-likeness (QED) is 0.699. The van der Waals surface area contributed by atoms with E-state index in [9.17, 15) is 4.79 Å². The topological polar surface area (TPSA) is 32.3 Å². The average Bonchev–Trinajstić information content (AvgIpc) is 2.18. The Hall–Kier alpha value is -0.730. The van der Waals surface area contributed by atoms with Gasteiger partial charge in [-0.15, -0.1) is 0 Å². The lowest BCUT2D eigenvalue weighted by molar-refractivity contribution is 0.149. The van der Waals surface area contributed by atoms with Crippen molar-refractivity contribution in [3.8, 4) is 0 Å². The lowest BCUT2D eigenvalue weighted by atomic mass is 10.0. The predicted octanol–water partition coefficient (Wildman–Crippen LogP) is 1.98. The van der Waals surface area contributed by atoms with Crippen LogP contribution in [0.2, 0.25) is 0 Å². The molecule has 0 bridgehead atoms. The van der Waals surface area contributed by atoms with Crippen LogP contribution < -0.4 is 5.32 Å². The summed E-state index contributed by atoms with van der Waals surface area (Å²) in [5.74, 6) is 0. The first-order valence-corrected chi connectivity index (χ1v) is 5.34. The van der Waals surface area contributed by atoms with E-state index in [0.717, 1.165) is 25.9 Å². The Bertz CT molecular complexity index is 170. The molecule has 0 aromatic heterocycles. The van der Waals surface area contributed by atoms with Crippen LogP contribution in [0.15, 0.2) is 0 Å². The monoisotopic (exact) mass is 184 g/mol. The third-order valence-electron chi connectivity index (χ3n) is 2.69. The summed E-state index contributed by atoms with van der Waals surface area (Å²) < 4.78 is 0. The van der Waals surface area contributed by atoms with E-state index in [1.165, 1.54) is 12.8 Å². The summed E-state index contributed by atoms with van der Waals surface area (Å²) in [5.41, 5.74) is 0. The van der Waals surface area contributed by atoms with Crippen LogP contribution >= 0.6 is 0 Å². The van der Waals surface area contributed by atoms with Crippen LogP contribution in [0.3, 0.4) is 0 Å². The van der Waals surface area contributed by atoms with Crippen molar-refractivity contribution in [3.63, 3.8) is 0 Å². The molecule has 0 spiro atoms. The molecule has 3 heteroatoms. The summed E-state index contributed by atoms with van der Waals surface area (Å²) in [7, 11) is 0. The third kappa shape index (κ3) is 2.61. The highest BCUT2D eigenvalue weighted by Gasteiger charge is 2.24. The minimum Gasteiger partial charge on any atom is -0.338 e. The van der Waals surface area contributed by atoms with Gasteiger partial charge < -0.3 is 10.2 Å². The first-order chi connectivity index (χ1) is 6.29. The number of piperidine rings is 1. The normalized spacial score (nSPS) is 22.9.